The van der Waals surface area contributed by atoms with Crippen LogP contribution in [0.3, 0.4) is 0 Å². The predicted octanol–water partition coefficient (Wildman–Crippen LogP) is 2.82. The third kappa shape index (κ3) is 1.50. The molecule has 0 bridgehead atoms. The Morgan fingerprint density at radius 3 is 2.79 bits per heavy atom. The van der Waals surface area contributed by atoms with E-state index in [0.29, 0.717) is 5.69 Å². The second-order valence-electron chi connectivity index (χ2n) is 2.66. The first-order chi connectivity index (χ1) is 6.81. The minimum atomic E-state index is -0.712. The van der Waals surface area contributed by atoms with Crippen LogP contribution in [-0.2, 0) is 0 Å². The minimum Gasteiger partial charge on any atom is -0.219 e. The average molecular weight is 204 g/mol. The first-order valence-electron chi connectivity index (χ1n) is 3.90. The van der Waals surface area contributed by atoms with E-state index < -0.39 is 5.95 Å². The normalized spacial score (nSPS) is 9.71. The van der Waals surface area contributed by atoms with Gasteiger partial charge >= 0.3 is 0 Å². The SMILES string of the molecule is N#Cc1ccc(-c2ccsc2)nc1F. The molecule has 0 unspecified atom stereocenters. The van der Waals surface area contributed by atoms with E-state index in [2.05, 4.69) is 4.98 Å². The van der Waals surface area contributed by atoms with Crippen molar-refractivity contribution in [1.82, 2.24) is 4.98 Å². The van der Waals surface area contributed by atoms with Crippen molar-refractivity contribution in [2.75, 3.05) is 0 Å². The van der Waals surface area contributed by atoms with Crippen molar-refractivity contribution in [3.05, 3.63) is 40.5 Å². The fourth-order valence-electron chi connectivity index (χ4n) is 1.09. The highest BCUT2D eigenvalue weighted by molar-refractivity contribution is 7.08. The summed E-state index contributed by atoms with van der Waals surface area (Å²) in [6.07, 6.45) is 0. The summed E-state index contributed by atoms with van der Waals surface area (Å²) in [7, 11) is 0. The van der Waals surface area contributed by atoms with E-state index in [0.717, 1.165) is 5.56 Å². The molecule has 14 heavy (non-hydrogen) atoms. The number of hydrogen-bond donors (Lipinski definition) is 0. The van der Waals surface area contributed by atoms with E-state index in [1.807, 2.05) is 16.8 Å². The van der Waals surface area contributed by atoms with Gasteiger partial charge in [-0.2, -0.15) is 21.0 Å². The number of rotatable bonds is 1. The zero-order chi connectivity index (χ0) is 9.97. The second kappa shape index (κ2) is 3.56. The third-order valence-electron chi connectivity index (χ3n) is 1.79. The summed E-state index contributed by atoms with van der Waals surface area (Å²) >= 11 is 1.52. The number of hydrogen-bond acceptors (Lipinski definition) is 3. The maximum absolute atomic E-state index is 13.1. The molecule has 0 aromatic carbocycles. The van der Waals surface area contributed by atoms with E-state index in [1.54, 1.807) is 12.1 Å². The van der Waals surface area contributed by atoms with Crippen LogP contribution in [0.4, 0.5) is 4.39 Å². The van der Waals surface area contributed by atoms with E-state index in [9.17, 15) is 4.39 Å². The summed E-state index contributed by atoms with van der Waals surface area (Å²) in [6.45, 7) is 0. The molecule has 2 aromatic heterocycles. The largest absolute Gasteiger partial charge is 0.231 e. The van der Waals surface area contributed by atoms with Crippen LogP contribution in [0.25, 0.3) is 11.3 Å². The molecule has 2 aromatic rings. The van der Waals surface area contributed by atoms with Crippen LogP contribution in [0.15, 0.2) is 29.0 Å². The van der Waals surface area contributed by atoms with Gasteiger partial charge in [0.15, 0.2) is 0 Å². The molecular weight excluding hydrogens is 199 g/mol. The Hall–Kier alpha value is -1.73. The molecule has 0 aliphatic carbocycles. The van der Waals surface area contributed by atoms with E-state index in [4.69, 9.17) is 5.26 Å². The highest BCUT2D eigenvalue weighted by Gasteiger charge is 2.05. The molecule has 0 fully saturated rings. The quantitative estimate of drug-likeness (QED) is 0.670. The number of halogens is 1. The van der Waals surface area contributed by atoms with E-state index >= 15 is 0 Å². The van der Waals surface area contributed by atoms with Crippen LogP contribution in [0.5, 0.6) is 0 Å². The molecule has 4 heteroatoms. The first kappa shape index (κ1) is 8.85. The van der Waals surface area contributed by atoms with Crippen molar-refractivity contribution in [3.8, 4) is 17.3 Å². The molecule has 0 amide bonds. The smallest absolute Gasteiger partial charge is 0.219 e. The standard InChI is InChI=1S/C10H5FN2S/c11-10-7(5-12)1-2-9(13-10)8-3-4-14-6-8/h1-4,6H. The Labute approximate surface area is 84.3 Å². The highest BCUT2D eigenvalue weighted by atomic mass is 32.1. The summed E-state index contributed by atoms with van der Waals surface area (Å²) in [5.41, 5.74) is 1.41. The Bertz CT molecular complexity index is 485. The first-order valence-corrected chi connectivity index (χ1v) is 4.85. The van der Waals surface area contributed by atoms with Crippen LogP contribution in [0.2, 0.25) is 0 Å². The highest BCUT2D eigenvalue weighted by Crippen LogP contribution is 2.20. The van der Waals surface area contributed by atoms with Gasteiger partial charge in [-0.15, -0.1) is 0 Å². The maximum Gasteiger partial charge on any atom is 0.231 e. The topological polar surface area (TPSA) is 36.7 Å². The van der Waals surface area contributed by atoms with Gasteiger partial charge in [0.2, 0.25) is 5.95 Å². The number of aromatic nitrogens is 1. The van der Waals surface area contributed by atoms with Gasteiger partial charge in [-0.1, -0.05) is 0 Å². The maximum atomic E-state index is 13.1. The zero-order valence-corrected chi connectivity index (χ0v) is 7.88. The summed E-state index contributed by atoms with van der Waals surface area (Å²) in [4.78, 5) is 3.70. The van der Waals surface area contributed by atoms with Gasteiger partial charge in [-0.3, -0.25) is 0 Å². The predicted molar refractivity (Wildman–Crippen MR) is 52.2 cm³/mol. The van der Waals surface area contributed by atoms with Crippen molar-refractivity contribution in [2.24, 2.45) is 0 Å². The van der Waals surface area contributed by atoms with Crippen molar-refractivity contribution < 1.29 is 4.39 Å². The molecule has 0 N–H and O–H groups in total. The molecule has 2 nitrogen and oxygen atoms in total. The number of nitriles is 1. The van der Waals surface area contributed by atoms with E-state index in [-0.39, 0.29) is 5.56 Å². The lowest BCUT2D eigenvalue weighted by atomic mass is 10.2. The van der Waals surface area contributed by atoms with Crippen LogP contribution in [0.1, 0.15) is 5.56 Å². The third-order valence-corrected chi connectivity index (χ3v) is 2.47. The Kier molecular flexibility index (Phi) is 2.25. The average Bonchev–Trinajstić information content (AvgIpc) is 2.70. The molecule has 0 radical (unpaired) electrons. The second-order valence-corrected chi connectivity index (χ2v) is 3.44. The Morgan fingerprint density at radius 1 is 1.36 bits per heavy atom. The summed E-state index contributed by atoms with van der Waals surface area (Å²) < 4.78 is 13.1. The van der Waals surface area contributed by atoms with Crippen LogP contribution in [-0.4, -0.2) is 4.98 Å². The van der Waals surface area contributed by atoms with Crippen molar-refractivity contribution in [3.63, 3.8) is 0 Å². The molecule has 68 valence electrons. The van der Waals surface area contributed by atoms with Crippen molar-refractivity contribution in [2.45, 2.75) is 0 Å². The molecule has 0 atom stereocenters. The Balaban J connectivity index is 2.49. The summed E-state index contributed by atoms with van der Waals surface area (Å²) in [5, 5.41) is 12.3. The molecular formula is C10H5FN2S. The monoisotopic (exact) mass is 204 g/mol. The van der Waals surface area contributed by atoms with Gasteiger partial charge in [-0.05, 0) is 23.6 Å². The van der Waals surface area contributed by atoms with Crippen molar-refractivity contribution >= 4 is 11.3 Å². The van der Waals surface area contributed by atoms with Crippen LogP contribution >= 0.6 is 11.3 Å². The van der Waals surface area contributed by atoms with Gasteiger partial charge in [-0.25, -0.2) is 4.98 Å². The summed E-state index contributed by atoms with van der Waals surface area (Å²) in [5.74, 6) is -0.712. The molecule has 0 aliphatic heterocycles. The molecule has 2 heterocycles. The van der Waals surface area contributed by atoms with Gasteiger partial charge in [0.25, 0.3) is 0 Å². The van der Waals surface area contributed by atoms with E-state index in [1.165, 1.54) is 17.4 Å². The van der Waals surface area contributed by atoms with Gasteiger partial charge in [0, 0.05) is 10.9 Å². The van der Waals surface area contributed by atoms with Crippen LogP contribution < -0.4 is 0 Å². The van der Waals surface area contributed by atoms with Gasteiger partial charge in [0.05, 0.1) is 5.69 Å². The van der Waals surface area contributed by atoms with Crippen LogP contribution in [0, 0.1) is 17.3 Å². The fourth-order valence-corrected chi connectivity index (χ4v) is 1.74. The zero-order valence-electron chi connectivity index (χ0n) is 7.07. The van der Waals surface area contributed by atoms with Gasteiger partial charge < -0.3 is 0 Å². The minimum absolute atomic E-state index is 0.0241. The lowest BCUT2D eigenvalue weighted by Crippen LogP contribution is -1.90. The fraction of sp³-hybridized carbons (Fsp3) is 0. The number of thiophene rings is 1. The summed E-state index contributed by atoms with van der Waals surface area (Å²) in [6, 6.07) is 6.67. The van der Waals surface area contributed by atoms with Crippen molar-refractivity contribution in [1.29, 1.82) is 5.26 Å². The van der Waals surface area contributed by atoms with Gasteiger partial charge in [0.1, 0.15) is 11.6 Å². The lowest BCUT2D eigenvalue weighted by molar-refractivity contribution is 0.581. The number of nitrogens with zero attached hydrogens (tertiary/aromatic N) is 2. The Morgan fingerprint density at radius 2 is 2.21 bits per heavy atom. The molecule has 0 saturated heterocycles. The molecule has 2 rings (SSSR count). The molecule has 0 saturated carbocycles. The molecule has 0 aliphatic rings. The lowest BCUT2D eigenvalue weighted by Gasteiger charge is -1.97. The number of pyridine rings is 1. The molecule has 0 spiro atoms.